The standard InChI is InChI=1S/C24H24BrN3O3S/c1-17-9-7-14-23(18(17)2)28(32(30,31)22-12-5-4-6-13-22)16-24(29)27-26-19(3)20-10-8-11-21(25)15-20/h4-15H,16H2,1-3H3,(H,27,29)/b26-19-. The van der Waals surface area contributed by atoms with Crippen molar-refractivity contribution in [2.45, 2.75) is 25.7 Å². The van der Waals surface area contributed by atoms with E-state index in [-0.39, 0.29) is 4.90 Å². The van der Waals surface area contributed by atoms with E-state index in [9.17, 15) is 13.2 Å². The van der Waals surface area contributed by atoms with E-state index < -0.39 is 22.5 Å². The van der Waals surface area contributed by atoms with Crippen molar-refractivity contribution in [2.75, 3.05) is 10.8 Å². The Kier molecular flexibility index (Phi) is 7.48. The fourth-order valence-corrected chi connectivity index (χ4v) is 5.01. The predicted octanol–water partition coefficient (Wildman–Crippen LogP) is 4.80. The van der Waals surface area contributed by atoms with Gasteiger partial charge in [0.05, 0.1) is 16.3 Å². The van der Waals surface area contributed by atoms with Crippen LogP contribution in [0.2, 0.25) is 0 Å². The van der Waals surface area contributed by atoms with E-state index in [2.05, 4.69) is 26.5 Å². The number of anilines is 1. The third kappa shape index (κ3) is 5.44. The van der Waals surface area contributed by atoms with Gasteiger partial charge in [0, 0.05) is 4.47 Å². The number of rotatable bonds is 7. The van der Waals surface area contributed by atoms with Crippen LogP contribution < -0.4 is 9.73 Å². The zero-order chi connectivity index (χ0) is 23.3. The van der Waals surface area contributed by atoms with Crippen molar-refractivity contribution in [3.63, 3.8) is 0 Å². The summed E-state index contributed by atoms with van der Waals surface area (Å²) < 4.78 is 28.9. The van der Waals surface area contributed by atoms with Gasteiger partial charge in [-0.1, -0.05) is 58.4 Å². The van der Waals surface area contributed by atoms with Crippen molar-refractivity contribution in [2.24, 2.45) is 5.10 Å². The van der Waals surface area contributed by atoms with Crippen molar-refractivity contribution >= 4 is 43.3 Å². The van der Waals surface area contributed by atoms with Crippen LogP contribution in [0.3, 0.4) is 0 Å². The molecule has 1 amide bonds. The van der Waals surface area contributed by atoms with Crippen LogP contribution in [0.5, 0.6) is 0 Å². The lowest BCUT2D eigenvalue weighted by Crippen LogP contribution is -2.40. The Labute approximate surface area is 197 Å². The zero-order valence-corrected chi connectivity index (χ0v) is 20.4. The number of amides is 1. The molecule has 0 aliphatic heterocycles. The SMILES string of the molecule is C/C(=N/NC(=O)CN(c1cccc(C)c1C)S(=O)(=O)c1ccccc1)c1cccc(Br)c1. The number of halogens is 1. The average molecular weight is 514 g/mol. The van der Waals surface area contributed by atoms with Gasteiger partial charge >= 0.3 is 0 Å². The van der Waals surface area contributed by atoms with E-state index in [1.54, 1.807) is 37.3 Å². The van der Waals surface area contributed by atoms with Gasteiger partial charge in [-0.2, -0.15) is 5.10 Å². The zero-order valence-electron chi connectivity index (χ0n) is 18.0. The summed E-state index contributed by atoms with van der Waals surface area (Å²) in [6.45, 7) is 5.10. The number of benzene rings is 3. The van der Waals surface area contributed by atoms with Crippen LogP contribution in [-0.2, 0) is 14.8 Å². The minimum absolute atomic E-state index is 0.113. The highest BCUT2D eigenvalue weighted by atomic mass is 79.9. The summed E-state index contributed by atoms with van der Waals surface area (Å²) in [6.07, 6.45) is 0. The van der Waals surface area contributed by atoms with E-state index in [1.807, 2.05) is 44.2 Å². The molecule has 0 saturated heterocycles. The minimum atomic E-state index is -3.97. The molecule has 3 aromatic carbocycles. The van der Waals surface area contributed by atoms with Crippen LogP contribution in [0.25, 0.3) is 0 Å². The molecular weight excluding hydrogens is 490 g/mol. The maximum absolute atomic E-state index is 13.4. The Bertz CT molecular complexity index is 1260. The van der Waals surface area contributed by atoms with Crippen molar-refractivity contribution < 1.29 is 13.2 Å². The van der Waals surface area contributed by atoms with Crippen molar-refractivity contribution in [1.82, 2.24) is 5.43 Å². The lowest BCUT2D eigenvalue weighted by molar-refractivity contribution is -0.119. The molecule has 0 aliphatic rings. The number of nitrogens with zero attached hydrogens (tertiary/aromatic N) is 2. The Balaban J connectivity index is 1.91. The van der Waals surface area contributed by atoms with Gasteiger partial charge < -0.3 is 0 Å². The highest BCUT2D eigenvalue weighted by molar-refractivity contribution is 9.10. The van der Waals surface area contributed by atoms with Gasteiger partial charge in [0.2, 0.25) is 0 Å². The van der Waals surface area contributed by atoms with Crippen LogP contribution in [0.1, 0.15) is 23.6 Å². The van der Waals surface area contributed by atoms with Gasteiger partial charge in [-0.3, -0.25) is 9.10 Å². The van der Waals surface area contributed by atoms with Crippen LogP contribution in [0, 0.1) is 13.8 Å². The molecule has 0 radical (unpaired) electrons. The highest BCUT2D eigenvalue weighted by Gasteiger charge is 2.28. The number of nitrogens with one attached hydrogen (secondary N) is 1. The second-order valence-corrected chi connectivity index (χ2v) is 10.1. The molecule has 0 aromatic heterocycles. The van der Waals surface area contributed by atoms with Crippen LogP contribution >= 0.6 is 15.9 Å². The monoisotopic (exact) mass is 513 g/mol. The maximum Gasteiger partial charge on any atom is 0.264 e. The number of sulfonamides is 1. The van der Waals surface area contributed by atoms with Gasteiger partial charge in [0.25, 0.3) is 15.9 Å². The number of hydrazone groups is 1. The molecule has 166 valence electrons. The topological polar surface area (TPSA) is 78.8 Å². The molecule has 0 saturated carbocycles. The van der Waals surface area contributed by atoms with Gasteiger partial charge in [0.1, 0.15) is 6.54 Å². The van der Waals surface area contributed by atoms with E-state index in [4.69, 9.17) is 0 Å². The number of hydrogen-bond donors (Lipinski definition) is 1. The summed E-state index contributed by atoms with van der Waals surface area (Å²) in [4.78, 5) is 12.9. The molecule has 0 bridgehead atoms. The molecule has 3 aromatic rings. The Morgan fingerprint density at radius 1 is 1.00 bits per heavy atom. The van der Waals surface area contributed by atoms with Crippen LogP contribution in [0.4, 0.5) is 5.69 Å². The molecule has 0 unspecified atom stereocenters. The first-order valence-corrected chi connectivity index (χ1v) is 12.2. The van der Waals surface area contributed by atoms with E-state index in [0.717, 1.165) is 25.5 Å². The molecule has 3 rings (SSSR count). The van der Waals surface area contributed by atoms with E-state index in [0.29, 0.717) is 11.4 Å². The summed E-state index contributed by atoms with van der Waals surface area (Å²) in [5, 5.41) is 4.15. The summed E-state index contributed by atoms with van der Waals surface area (Å²) in [5.74, 6) is -0.542. The Morgan fingerprint density at radius 2 is 1.69 bits per heavy atom. The third-order valence-corrected chi connectivity index (χ3v) is 7.32. The summed E-state index contributed by atoms with van der Waals surface area (Å²) in [7, 11) is -3.97. The van der Waals surface area contributed by atoms with E-state index >= 15 is 0 Å². The molecule has 0 fully saturated rings. The van der Waals surface area contributed by atoms with Gasteiger partial charge in [-0.25, -0.2) is 13.8 Å². The second-order valence-electron chi connectivity index (χ2n) is 7.29. The average Bonchev–Trinajstić information content (AvgIpc) is 2.78. The van der Waals surface area contributed by atoms with Crippen LogP contribution in [-0.4, -0.2) is 26.6 Å². The summed E-state index contributed by atoms with van der Waals surface area (Å²) in [5.41, 5.74) is 6.09. The van der Waals surface area contributed by atoms with Gasteiger partial charge in [-0.05, 0) is 67.8 Å². The summed E-state index contributed by atoms with van der Waals surface area (Å²) >= 11 is 3.41. The molecule has 0 aliphatic carbocycles. The second kappa shape index (κ2) is 10.1. The molecule has 6 nitrogen and oxygen atoms in total. The quantitative estimate of drug-likeness (QED) is 0.364. The number of carbonyl (C=O) groups is 1. The maximum atomic E-state index is 13.4. The minimum Gasteiger partial charge on any atom is -0.271 e. The number of carbonyl (C=O) groups excluding carboxylic acids is 1. The Morgan fingerprint density at radius 3 is 2.38 bits per heavy atom. The molecule has 0 atom stereocenters. The summed E-state index contributed by atoms with van der Waals surface area (Å²) in [6, 6.07) is 21.0. The normalized spacial score (nSPS) is 11.8. The molecular formula is C24H24BrN3O3S. The predicted molar refractivity (Wildman–Crippen MR) is 131 cm³/mol. The number of aryl methyl sites for hydroxylation is 1. The van der Waals surface area contributed by atoms with Gasteiger partial charge in [0.15, 0.2) is 0 Å². The smallest absolute Gasteiger partial charge is 0.264 e. The van der Waals surface area contributed by atoms with E-state index in [1.165, 1.54) is 12.1 Å². The fraction of sp³-hybridized carbons (Fsp3) is 0.167. The van der Waals surface area contributed by atoms with Crippen molar-refractivity contribution in [3.8, 4) is 0 Å². The lowest BCUT2D eigenvalue weighted by Gasteiger charge is -2.26. The third-order valence-electron chi connectivity index (χ3n) is 5.05. The first-order valence-electron chi connectivity index (χ1n) is 9.93. The number of hydrogen-bond acceptors (Lipinski definition) is 4. The molecule has 0 heterocycles. The van der Waals surface area contributed by atoms with Crippen molar-refractivity contribution in [1.29, 1.82) is 0 Å². The van der Waals surface area contributed by atoms with Gasteiger partial charge in [-0.15, -0.1) is 0 Å². The molecule has 1 N–H and O–H groups in total. The van der Waals surface area contributed by atoms with Crippen molar-refractivity contribution in [3.05, 3.63) is 94.0 Å². The fourth-order valence-electron chi connectivity index (χ4n) is 3.12. The first kappa shape index (κ1) is 23.7. The molecule has 8 heteroatoms. The largest absolute Gasteiger partial charge is 0.271 e. The van der Waals surface area contributed by atoms with Crippen LogP contribution in [0.15, 0.2) is 87.3 Å². The first-order chi connectivity index (χ1) is 15.2. The molecule has 0 spiro atoms. The molecule has 32 heavy (non-hydrogen) atoms. The Hall–Kier alpha value is -2.97. The lowest BCUT2D eigenvalue weighted by atomic mass is 10.1. The highest BCUT2D eigenvalue weighted by Crippen LogP contribution is 2.28.